The Labute approximate surface area is 117 Å². The van der Waals surface area contributed by atoms with E-state index in [1.54, 1.807) is 0 Å². The van der Waals surface area contributed by atoms with Crippen molar-refractivity contribution in [3.63, 3.8) is 0 Å². The molecule has 1 fully saturated rings. The Kier molecular flexibility index (Phi) is 3.94. The fourth-order valence-corrected chi connectivity index (χ4v) is 3.64. The summed E-state index contributed by atoms with van der Waals surface area (Å²) < 4.78 is 5.65. The van der Waals surface area contributed by atoms with Gasteiger partial charge >= 0.3 is 0 Å². The number of nitrogens with zero attached hydrogens (tertiary/aromatic N) is 1. The van der Waals surface area contributed by atoms with E-state index in [1.807, 2.05) is 25.3 Å². The lowest BCUT2D eigenvalue weighted by Crippen LogP contribution is -2.22. The predicted molar refractivity (Wildman–Crippen MR) is 78.2 cm³/mol. The molecule has 2 N–H and O–H groups in total. The molecule has 2 aromatic heterocycles. The molecule has 3 rings (SSSR count). The molecular weight excluding hydrogens is 258 g/mol. The van der Waals surface area contributed by atoms with Crippen LogP contribution in [0.2, 0.25) is 0 Å². The third-order valence-corrected chi connectivity index (χ3v) is 4.81. The van der Waals surface area contributed by atoms with Crippen LogP contribution in [0.25, 0.3) is 11.5 Å². The summed E-state index contributed by atoms with van der Waals surface area (Å²) in [5, 5.41) is 11.5. The molecule has 0 spiro atoms. The Bertz CT molecular complexity index is 528. The molecule has 5 heteroatoms. The van der Waals surface area contributed by atoms with Crippen LogP contribution >= 0.6 is 11.8 Å². The lowest BCUT2D eigenvalue weighted by molar-refractivity contribution is 0.545. The second-order valence-electron chi connectivity index (χ2n) is 4.95. The number of H-pyrrole nitrogens is 1. The number of furan rings is 1. The van der Waals surface area contributed by atoms with Gasteiger partial charge in [-0.15, -0.1) is 0 Å². The molecule has 0 aromatic carbocycles. The first kappa shape index (κ1) is 12.8. The van der Waals surface area contributed by atoms with Crippen LogP contribution in [0.15, 0.2) is 22.7 Å². The van der Waals surface area contributed by atoms with E-state index in [4.69, 9.17) is 4.42 Å². The maximum atomic E-state index is 5.65. The number of hydrogen-bond acceptors (Lipinski definition) is 4. The van der Waals surface area contributed by atoms with Gasteiger partial charge in [-0.3, -0.25) is 5.10 Å². The summed E-state index contributed by atoms with van der Waals surface area (Å²) in [6, 6.07) is 3.96. The number of rotatable bonds is 5. The zero-order valence-electron chi connectivity index (χ0n) is 11.1. The van der Waals surface area contributed by atoms with Gasteiger partial charge < -0.3 is 9.73 Å². The van der Waals surface area contributed by atoms with E-state index < -0.39 is 0 Å². The largest absolute Gasteiger partial charge is 0.460 e. The minimum atomic E-state index is 0.779. The minimum Gasteiger partial charge on any atom is -0.460 e. The highest BCUT2D eigenvalue weighted by molar-refractivity contribution is 8.00. The molecule has 1 saturated heterocycles. The fourth-order valence-electron chi connectivity index (χ4n) is 2.40. The highest BCUT2D eigenvalue weighted by atomic mass is 32.2. The van der Waals surface area contributed by atoms with Gasteiger partial charge in [0.15, 0.2) is 5.76 Å². The van der Waals surface area contributed by atoms with Crippen molar-refractivity contribution < 1.29 is 4.42 Å². The molecule has 0 aliphatic carbocycles. The van der Waals surface area contributed by atoms with Crippen molar-refractivity contribution in [1.29, 1.82) is 0 Å². The summed E-state index contributed by atoms with van der Waals surface area (Å²) in [6.07, 6.45) is 4.58. The Morgan fingerprint density at radius 2 is 2.47 bits per heavy atom. The first-order valence-electron chi connectivity index (χ1n) is 6.74. The molecule has 0 radical (unpaired) electrons. The molecule has 1 aliphatic heterocycles. The van der Waals surface area contributed by atoms with E-state index in [0.717, 1.165) is 41.1 Å². The number of aryl methyl sites for hydroxylation is 1. The zero-order chi connectivity index (χ0) is 13.1. The number of nitrogens with one attached hydrogen (secondary N) is 2. The normalized spacial score (nSPS) is 19.1. The monoisotopic (exact) mass is 277 g/mol. The van der Waals surface area contributed by atoms with E-state index in [-0.39, 0.29) is 0 Å². The van der Waals surface area contributed by atoms with E-state index >= 15 is 0 Å². The minimum absolute atomic E-state index is 0.779. The van der Waals surface area contributed by atoms with Crippen LogP contribution in [0, 0.1) is 6.92 Å². The third kappa shape index (κ3) is 3.04. The number of thioether (sulfide) groups is 1. The second-order valence-corrected chi connectivity index (χ2v) is 6.35. The van der Waals surface area contributed by atoms with Gasteiger partial charge in [0.2, 0.25) is 0 Å². The van der Waals surface area contributed by atoms with Gasteiger partial charge in [-0.2, -0.15) is 16.9 Å². The Morgan fingerprint density at radius 1 is 1.53 bits per heavy atom. The number of aromatic amines is 1. The van der Waals surface area contributed by atoms with Crippen molar-refractivity contribution >= 4 is 11.8 Å². The highest BCUT2D eigenvalue weighted by Crippen LogP contribution is 2.26. The Balaban J connectivity index is 1.60. The lowest BCUT2D eigenvalue weighted by Gasteiger charge is -2.09. The van der Waals surface area contributed by atoms with Crippen LogP contribution < -0.4 is 5.32 Å². The molecule has 2 aromatic rings. The van der Waals surface area contributed by atoms with Crippen molar-refractivity contribution in [1.82, 2.24) is 15.5 Å². The molecular formula is C14H19N3OS. The topological polar surface area (TPSA) is 53.9 Å². The first-order chi connectivity index (χ1) is 9.33. The average Bonchev–Trinajstić information content (AvgIpc) is 3.10. The second kappa shape index (κ2) is 5.84. The molecule has 3 heterocycles. The van der Waals surface area contributed by atoms with E-state index in [1.165, 1.54) is 18.6 Å². The summed E-state index contributed by atoms with van der Waals surface area (Å²) in [5.41, 5.74) is 2.15. The van der Waals surface area contributed by atoms with Crippen LogP contribution in [-0.4, -0.2) is 27.7 Å². The maximum Gasteiger partial charge on any atom is 0.152 e. The molecule has 102 valence electrons. The van der Waals surface area contributed by atoms with E-state index in [2.05, 4.69) is 27.3 Å². The molecule has 19 heavy (non-hydrogen) atoms. The highest BCUT2D eigenvalue weighted by Gasteiger charge is 2.16. The van der Waals surface area contributed by atoms with Crippen LogP contribution in [0.5, 0.6) is 0 Å². The lowest BCUT2D eigenvalue weighted by atomic mass is 10.2. The van der Waals surface area contributed by atoms with Crippen molar-refractivity contribution in [3.8, 4) is 11.5 Å². The molecule has 1 aliphatic rings. The summed E-state index contributed by atoms with van der Waals surface area (Å²) in [5.74, 6) is 3.10. The van der Waals surface area contributed by atoms with Gasteiger partial charge in [0, 0.05) is 23.9 Å². The van der Waals surface area contributed by atoms with Crippen LogP contribution in [-0.2, 0) is 6.54 Å². The SMILES string of the molecule is Cc1ccc(-c2[nH]ncc2CNCC2CCCS2)o1. The van der Waals surface area contributed by atoms with Gasteiger partial charge in [-0.05, 0) is 37.7 Å². The van der Waals surface area contributed by atoms with E-state index in [9.17, 15) is 0 Å². The Hall–Kier alpha value is -1.20. The molecule has 0 bridgehead atoms. The van der Waals surface area contributed by atoms with Gasteiger partial charge in [0.25, 0.3) is 0 Å². The smallest absolute Gasteiger partial charge is 0.152 e. The van der Waals surface area contributed by atoms with Gasteiger partial charge in [0.05, 0.1) is 6.20 Å². The molecule has 4 nitrogen and oxygen atoms in total. The number of hydrogen-bond donors (Lipinski definition) is 2. The van der Waals surface area contributed by atoms with Crippen LogP contribution in [0.3, 0.4) is 0 Å². The summed E-state index contributed by atoms with van der Waals surface area (Å²) in [4.78, 5) is 0. The molecule has 0 saturated carbocycles. The average molecular weight is 277 g/mol. The predicted octanol–water partition coefficient (Wildman–Crippen LogP) is 2.96. The van der Waals surface area contributed by atoms with Crippen molar-refractivity contribution in [2.45, 2.75) is 31.6 Å². The number of aromatic nitrogens is 2. The van der Waals surface area contributed by atoms with Crippen molar-refractivity contribution in [2.24, 2.45) is 0 Å². The van der Waals surface area contributed by atoms with Crippen molar-refractivity contribution in [3.05, 3.63) is 29.7 Å². The van der Waals surface area contributed by atoms with E-state index in [0.29, 0.717) is 0 Å². The van der Waals surface area contributed by atoms with Crippen LogP contribution in [0.1, 0.15) is 24.2 Å². The zero-order valence-corrected chi connectivity index (χ0v) is 11.9. The third-order valence-electron chi connectivity index (χ3n) is 3.42. The first-order valence-corrected chi connectivity index (χ1v) is 7.79. The van der Waals surface area contributed by atoms with Crippen LogP contribution in [0.4, 0.5) is 0 Å². The van der Waals surface area contributed by atoms with Gasteiger partial charge in [-0.25, -0.2) is 0 Å². The molecule has 0 amide bonds. The van der Waals surface area contributed by atoms with Crippen molar-refractivity contribution in [2.75, 3.05) is 12.3 Å². The molecule has 1 unspecified atom stereocenters. The van der Waals surface area contributed by atoms with Gasteiger partial charge in [0.1, 0.15) is 11.5 Å². The summed E-state index contributed by atoms with van der Waals surface area (Å²) >= 11 is 2.08. The summed E-state index contributed by atoms with van der Waals surface area (Å²) in [6.45, 7) is 3.87. The fraction of sp³-hybridized carbons (Fsp3) is 0.500. The Morgan fingerprint density at radius 3 is 3.21 bits per heavy atom. The van der Waals surface area contributed by atoms with Gasteiger partial charge in [-0.1, -0.05) is 0 Å². The molecule has 1 atom stereocenters. The maximum absolute atomic E-state index is 5.65. The quantitative estimate of drug-likeness (QED) is 0.882. The standard InChI is InChI=1S/C14H19N3OS/c1-10-4-5-13(18-10)14-11(8-16-17-14)7-15-9-12-3-2-6-19-12/h4-5,8,12,15H,2-3,6-7,9H2,1H3,(H,16,17). The summed E-state index contributed by atoms with van der Waals surface area (Å²) in [7, 11) is 0.